The first-order valence-electron chi connectivity index (χ1n) is 3.50. The largest absolute Gasteiger partial charge is 0.396 e. The number of rotatable bonds is 3. The van der Waals surface area contributed by atoms with Gasteiger partial charge in [0.2, 0.25) is 0 Å². The molecule has 0 aliphatic carbocycles. The molecule has 0 bridgehead atoms. The molecule has 0 unspecified atom stereocenters. The molecule has 1 aromatic rings. The summed E-state index contributed by atoms with van der Waals surface area (Å²) in [6.45, 7) is 0.123. The summed E-state index contributed by atoms with van der Waals surface area (Å²) in [6, 6.07) is 7.40. The van der Waals surface area contributed by atoms with Crippen LogP contribution in [0, 0.1) is 6.42 Å². The van der Waals surface area contributed by atoms with Gasteiger partial charge in [-0.05, 0) is 11.1 Å². The van der Waals surface area contributed by atoms with Crippen LogP contribution in [0.3, 0.4) is 0 Å². The van der Waals surface area contributed by atoms with Crippen LogP contribution < -0.4 is 0 Å². The Morgan fingerprint density at radius 3 is 2.18 bits per heavy atom. The van der Waals surface area contributed by atoms with Crippen molar-refractivity contribution in [3.63, 3.8) is 0 Å². The van der Waals surface area contributed by atoms with Crippen molar-refractivity contribution in [1.82, 2.24) is 0 Å². The summed E-state index contributed by atoms with van der Waals surface area (Å²) in [6.07, 6.45) is 1.71. The monoisotopic (exact) mass is 151 g/mol. The lowest BCUT2D eigenvalue weighted by atomic mass is 10.1. The molecule has 0 aliphatic rings. The highest BCUT2D eigenvalue weighted by atomic mass is 16.3. The van der Waals surface area contributed by atoms with Gasteiger partial charge in [0.15, 0.2) is 0 Å². The van der Waals surface area contributed by atoms with Gasteiger partial charge in [-0.15, -0.1) is 0 Å². The lowest BCUT2D eigenvalue weighted by Crippen LogP contribution is -1.88. The first-order valence-corrected chi connectivity index (χ1v) is 3.50. The van der Waals surface area contributed by atoms with Crippen LogP contribution in [0.4, 0.5) is 0 Å². The number of hydrogen-bond donors (Lipinski definition) is 2. The predicted octanol–water partition coefficient (Wildman–Crippen LogP) is 0.724. The molecule has 0 spiro atoms. The Labute approximate surface area is 66.1 Å². The molecule has 0 atom stereocenters. The molecule has 0 saturated carbocycles. The summed E-state index contributed by atoms with van der Waals surface area (Å²) >= 11 is 0. The van der Waals surface area contributed by atoms with Crippen LogP contribution in [-0.2, 0) is 6.61 Å². The van der Waals surface area contributed by atoms with Crippen LogP contribution in [0.5, 0.6) is 0 Å². The number of benzene rings is 1. The Kier molecular flexibility index (Phi) is 3.08. The molecule has 0 heterocycles. The molecule has 0 aromatic heterocycles. The van der Waals surface area contributed by atoms with Gasteiger partial charge in [0, 0.05) is 6.42 Å². The SMILES string of the molecule is OC[CH]c1ccc(CO)cc1. The Balaban J connectivity index is 2.66. The maximum Gasteiger partial charge on any atom is 0.0681 e. The van der Waals surface area contributed by atoms with Crippen LogP contribution in [0.15, 0.2) is 24.3 Å². The molecule has 0 aliphatic heterocycles. The minimum atomic E-state index is 0.0540. The lowest BCUT2D eigenvalue weighted by Gasteiger charge is -1.98. The van der Waals surface area contributed by atoms with Gasteiger partial charge < -0.3 is 10.2 Å². The van der Waals surface area contributed by atoms with Gasteiger partial charge in [-0.2, -0.15) is 0 Å². The summed E-state index contributed by atoms with van der Waals surface area (Å²) in [4.78, 5) is 0. The second-order valence-electron chi connectivity index (χ2n) is 2.29. The van der Waals surface area contributed by atoms with Crippen molar-refractivity contribution in [2.24, 2.45) is 0 Å². The average Bonchev–Trinajstić information content (AvgIpc) is 2.07. The molecule has 1 rings (SSSR count). The summed E-state index contributed by atoms with van der Waals surface area (Å²) in [5.74, 6) is 0. The molecule has 0 amide bonds. The van der Waals surface area contributed by atoms with Crippen molar-refractivity contribution in [2.75, 3.05) is 6.61 Å². The van der Waals surface area contributed by atoms with Crippen molar-refractivity contribution in [1.29, 1.82) is 0 Å². The molecule has 11 heavy (non-hydrogen) atoms. The van der Waals surface area contributed by atoms with E-state index in [0.717, 1.165) is 11.1 Å². The quantitative estimate of drug-likeness (QED) is 0.668. The third-order valence-corrected chi connectivity index (χ3v) is 1.49. The average molecular weight is 151 g/mol. The Hall–Kier alpha value is -0.860. The zero-order valence-electron chi connectivity index (χ0n) is 6.20. The van der Waals surface area contributed by atoms with E-state index in [-0.39, 0.29) is 13.2 Å². The molecule has 1 radical (unpaired) electrons. The van der Waals surface area contributed by atoms with E-state index in [2.05, 4.69) is 0 Å². The third-order valence-electron chi connectivity index (χ3n) is 1.49. The lowest BCUT2D eigenvalue weighted by molar-refractivity contribution is 0.282. The van der Waals surface area contributed by atoms with Gasteiger partial charge in [-0.25, -0.2) is 0 Å². The first kappa shape index (κ1) is 8.24. The maximum absolute atomic E-state index is 8.70. The summed E-state index contributed by atoms with van der Waals surface area (Å²) in [5.41, 5.74) is 1.87. The van der Waals surface area contributed by atoms with Crippen LogP contribution in [0.25, 0.3) is 0 Å². The zero-order valence-corrected chi connectivity index (χ0v) is 6.20. The summed E-state index contributed by atoms with van der Waals surface area (Å²) in [5, 5.41) is 17.2. The highest BCUT2D eigenvalue weighted by Crippen LogP contribution is 2.05. The van der Waals surface area contributed by atoms with Crippen LogP contribution in [-0.4, -0.2) is 16.8 Å². The molecule has 59 valence electrons. The standard InChI is InChI=1S/C9H11O2/c10-6-5-8-1-3-9(7-11)4-2-8/h1-5,10-11H,6-7H2. The highest BCUT2D eigenvalue weighted by Gasteiger charge is 1.92. The van der Waals surface area contributed by atoms with E-state index in [9.17, 15) is 0 Å². The Morgan fingerprint density at radius 1 is 1.09 bits per heavy atom. The summed E-state index contributed by atoms with van der Waals surface area (Å²) in [7, 11) is 0. The summed E-state index contributed by atoms with van der Waals surface area (Å²) < 4.78 is 0. The fraction of sp³-hybridized carbons (Fsp3) is 0.222. The molecule has 0 saturated heterocycles. The van der Waals surface area contributed by atoms with Crippen LogP contribution in [0.2, 0.25) is 0 Å². The second-order valence-corrected chi connectivity index (χ2v) is 2.29. The van der Waals surface area contributed by atoms with E-state index in [1.165, 1.54) is 0 Å². The fourth-order valence-electron chi connectivity index (χ4n) is 0.865. The topological polar surface area (TPSA) is 40.5 Å². The molecule has 0 fully saturated rings. The maximum atomic E-state index is 8.70. The van der Waals surface area contributed by atoms with E-state index in [4.69, 9.17) is 10.2 Å². The molecular formula is C9H11O2. The van der Waals surface area contributed by atoms with Gasteiger partial charge in [-0.3, -0.25) is 0 Å². The van der Waals surface area contributed by atoms with Crippen molar-refractivity contribution >= 4 is 0 Å². The van der Waals surface area contributed by atoms with Gasteiger partial charge in [-0.1, -0.05) is 24.3 Å². The van der Waals surface area contributed by atoms with E-state index in [1.807, 2.05) is 24.3 Å². The molecule has 2 nitrogen and oxygen atoms in total. The minimum Gasteiger partial charge on any atom is -0.396 e. The van der Waals surface area contributed by atoms with E-state index in [1.54, 1.807) is 6.42 Å². The minimum absolute atomic E-state index is 0.0540. The number of aliphatic hydroxyl groups excluding tert-OH is 2. The van der Waals surface area contributed by atoms with Crippen molar-refractivity contribution in [2.45, 2.75) is 6.61 Å². The van der Waals surface area contributed by atoms with Crippen LogP contribution >= 0.6 is 0 Å². The van der Waals surface area contributed by atoms with E-state index < -0.39 is 0 Å². The number of hydrogen-bond acceptors (Lipinski definition) is 2. The van der Waals surface area contributed by atoms with E-state index >= 15 is 0 Å². The third kappa shape index (κ3) is 2.33. The number of aliphatic hydroxyl groups is 2. The molecule has 2 N–H and O–H groups in total. The fourth-order valence-corrected chi connectivity index (χ4v) is 0.865. The van der Waals surface area contributed by atoms with Gasteiger partial charge in [0.25, 0.3) is 0 Å². The highest BCUT2D eigenvalue weighted by molar-refractivity contribution is 5.27. The van der Waals surface area contributed by atoms with Crippen molar-refractivity contribution in [3.8, 4) is 0 Å². The van der Waals surface area contributed by atoms with Crippen molar-refractivity contribution in [3.05, 3.63) is 41.8 Å². The van der Waals surface area contributed by atoms with Gasteiger partial charge in [0.05, 0.1) is 13.2 Å². The smallest absolute Gasteiger partial charge is 0.0681 e. The van der Waals surface area contributed by atoms with Gasteiger partial charge >= 0.3 is 0 Å². The van der Waals surface area contributed by atoms with Gasteiger partial charge in [0.1, 0.15) is 0 Å². The molecule has 1 aromatic carbocycles. The Morgan fingerprint density at radius 2 is 1.73 bits per heavy atom. The second kappa shape index (κ2) is 4.11. The molecular weight excluding hydrogens is 140 g/mol. The zero-order chi connectivity index (χ0) is 8.10. The van der Waals surface area contributed by atoms with Crippen molar-refractivity contribution < 1.29 is 10.2 Å². The van der Waals surface area contributed by atoms with Crippen LogP contribution in [0.1, 0.15) is 11.1 Å². The predicted molar refractivity (Wildman–Crippen MR) is 42.9 cm³/mol. The normalized spacial score (nSPS) is 10.0. The first-order chi connectivity index (χ1) is 5.36. The Bertz CT molecular complexity index is 203. The molecule has 2 heteroatoms. The van der Waals surface area contributed by atoms with E-state index in [0.29, 0.717) is 0 Å².